The highest BCUT2D eigenvalue weighted by Crippen LogP contribution is 2.28. The Kier molecular flexibility index (Phi) is 7.89. The summed E-state index contributed by atoms with van der Waals surface area (Å²) in [6, 6.07) is 4.70. The maximum Gasteiger partial charge on any atom is 0.321 e. The molecular weight excluding hydrogens is 334 g/mol. The zero-order valence-electron chi connectivity index (χ0n) is 16.8. The molecule has 0 fully saturated rings. The zero-order valence-corrected chi connectivity index (χ0v) is 16.8. The van der Waals surface area contributed by atoms with Crippen molar-refractivity contribution in [3.63, 3.8) is 0 Å². The fraction of sp³-hybridized carbons (Fsp3) is 0.579. The van der Waals surface area contributed by atoms with Gasteiger partial charge in [-0.2, -0.15) is 0 Å². The summed E-state index contributed by atoms with van der Waals surface area (Å²) < 4.78 is 10.9. The Balaban J connectivity index is 2.70. The Labute approximate surface area is 156 Å². The lowest BCUT2D eigenvalue weighted by Gasteiger charge is -2.25. The van der Waals surface area contributed by atoms with Crippen molar-refractivity contribution in [2.24, 2.45) is 0 Å². The highest BCUT2D eigenvalue weighted by Gasteiger charge is 2.22. The molecule has 0 aliphatic carbocycles. The number of likely N-dealkylation sites (N-methyl/N-ethyl adjacent to an activating group) is 1. The minimum absolute atomic E-state index is 0.354. The second-order valence-corrected chi connectivity index (χ2v) is 7.20. The van der Waals surface area contributed by atoms with Crippen molar-refractivity contribution in [2.45, 2.75) is 52.7 Å². The van der Waals surface area contributed by atoms with Crippen molar-refractivity contribution in [3.05, 3.63) is 23.8 Å². The smallest absolute Gasteiger partial charge is 0.321 e. The van der Waals surface area contributed by atoms with Gasteiger partial charge in [-0.1, -0.05) is 6.07 Å². The summed E-state index contributed by atoms with van der Waals surface area (Å²) in [5.41, 5.74) is 0.574. The molecule has 7 nitrogen and oxygen atoms in total. The number of amides is 3. The molecule has 0 aliphatic heterocycles. The minimum atomic E-state index is -0.495. The number of carbonyl (C=O) groups is 2. The van der Waals surface area contributed by atoms with Crippen molar-refractivity contribution in [2.75, 3.05) is 20.8 Å². The standard InChI is InChI=1S/C19H31N3O4/c1-8-26-15-10-9-14(11-16(15)25-7)12-22(6)13(2)17(23)20-18(24)21-19(3,4)5/h9-11,13H,8,12H2,1-7H3,(H2,20,21,23,24)/t13-/m0/s1. The third-order valence-electron chi connectivity index (χ3n) is 3.73. The summed E-state index contributed by atoms with van der Waals surface area (Å²) in [5.74, 6) is 0.984. The molecule has 1 aromatic rings. The zero-order chi connectivity index (χ0) is 19.9. The third-order valence-corrected chi connectivity index (χ3v) is 3.73. The van der Waals surface area contributed by atoms with E-state index in [9.17, 15) is 9.59 Å². The van der Waals surface area contributed by atoms with E-state index >= 15 is 0 Å². The van der Waals surface area contributed by atoms with Gasteiger partial charge in [0.2, 0.25) is 5.91 Å². The Morgan fingerprint density at radius 1 is 1.23 bits per heavy atom. The number of hydrogen-bond donors (Lipinski definition) is 2. The van der Waals surface area contributed by atoms with Crippen LogP contribution in [0.15, 0.2) is 18.2 Å². The first-order valence-electron chi connectivity index (χ1n) is 8.70. The average molecular weight is 365 g/mol. The van der Waals surface area contributed by atoms with Gasteiger partial charge in [0, 0.05) is 12.1 Å². The van der Waals surface area contributed by atoms with Gasteiger partial charge in [0.15, 0.2) is 11.5 Å². The van der Waals surface area contributed by atoms with Crippen LogP contribution in [0.3, 0.4) is 0 Å². The van der Waals surface area contributed by atoms with Crippen LogP contribution in [-0.4, -0.2) is 49.2 Å². The Morgan fingerprint density at radius 3 is 2.42 bits per heavy atom. The molecule has 0 saturated heterocycles. The number of imide groups is 1. The SMILES string of the molecule is CCOc1ccc(CN(C)[C@@H](C)C(=O)NC(=O)NC(C)(C)C)cc1OC. The Morgan fingerprint density at radius 2 is 1.88 bits per heavy atom. The first-order valence-corrected chi connectivity index (χ1v) is 8.70. The van der Waals surface area contributed by atoms with E-state index in [0.29, 0.717) is 24.7 Å². The van der Waals surface area contributed by atoms with Gasteiger partial charge in [0.25, 0.3) is 0 Å². The molecule has 7 heteroatoms. The van der Waals surface area contributed by atoms with E-state index in [0.717, 1.165) is 5.56 Å². The molecule has 1 rings (SSSR count). The third kappa shape index (κ3) is 6.92. The van der Waals surface area contributed by atoms with E-state index in [-0.39, 0.29) is 5.91 Å². The number of rotatable bonds is 7. The van der Waals surface area contributed by atoms with Crippen molar-refractivity contribution < 1.29 is 19.1 Å². The van der Waals surface area contributed by atoms with E-state index in [1.165, 1.54) is 0 Å². The number of nitrogens with one attached hydrogen (secondary N) is 2. The molecule has 3 amide bonds. The monoisotopic (exact) mass is 365 g/mol. The lowest BCUT2D eigenvalue weighted by atomic mass is 10.1. The summed E-state index contributed by atoms with van der Waals surface area (Å²) in [7, 11) is 3.42. The Bertz CT molecular complexity index is 626. The predicted molar refractivity (Wildman–Crippen MR) is 102 cm³/mol. The van der Waals surface area contributed by atoms with Crippen molar-refractivity contribution in [3.8, 4) is 11.5 Å². The van der Waals surface area contributed by atoms with Crippen LogP contribution in [0.1, 0.15) is 40.2 Å². The maximum atomic E-state index is 12.3. The molecule has 0 radical (unpaired) electrons. The number of urea groups is 1. The molecule has 0 heterocycles. The van der Waals surface area contributed by atoms with Gasteiger partial charge in [-0.05, 0) is 59.4 Å². The van der Waals surface area contributed by atoms with Crippen LogP contribution in [0.25, 0.3) is 0 Å². The van der Waals surface area contributed by atoms with Crippen LogP contribution in [0, 0.1) is 0 Å². The van der Waals surface area contributed by atoms with Gasteiger partial charge in [0.1, 0.15) is 0 Å². The molecule has 26 heavy (non-hydrogen) atoms. The van der Waals surface area contributed by atoms with E-state index in [2.05, 4.69) is 10.6 Å². The normalized spacial score (nSPS) is 12.5. The fourth-order valence-electron chi connectivity index (χ4n) is 2.30. The van der Waals surface area contributed by atoms with Gasteiger partial charge in [-0.15, -0.1) is 0 Å². The highest BCUT2D eigenvalue weighted by atomic mass is 16.5. The quantitative estimate of drug-likeness (QED) is 0.776. The molecule has 146 valence electrons. The van der Waals surface area contributed by atoms with Gasteiger partial charge >= 0.3 is 6.03 Å². The van der Waals surface area contributed by atoms with Crippen LogP contribution in [0.2, 0.25) is 0 Å². The number of methoxy groups -OCH3 is 1. The molecule has 0 unspecified atom stereocenters. The topological polar surface area (TPSA) is 79.9 Å². The summed E-state index contributed by atoms with van der Waals surface area (Å²) >= 11 is 0. The predicted octanol–water partition coefficient (Wildman–Crippen LogP) is 2.54. The summed E-state index contributed by atoms with van der Waals surface area (Å²) in [5, 5.41) is 5.08. The maximum absolute atomic E-state index is 12.3. The highest BCUT2D eigenvalue weighted by molar-refractivity contribution is 5.97. The van der Waals surface area contributed by atoms with Gasteiger partial charge in [0.05, 0.1) is 19.8 Å². The summed E-state index contributed by atoms with van der Waals surface area (Å²) in [6.45, 7) is 10.3. The number of carbonyl (C=O) groups excluding carboxylic acids is 2. The van der Waals surface area contributed by atoms with E-state index < -0.39 is 17.6 Å². The number of benzene rings is 1. The lowest BCUT2D eigenvalue weighted by molar-refractivity contribution is -0.124. The van der Waals surface area contributed by atoms with Crippen LogP contribution < -0.4 is 20.1 Å². The molecule has 0 spiro atoms. The minimum Gasteiger partial charge on any atom is -0.493 e. The van der Waals surface area contributed by atoms with Crippen LogP contribution in [0.5, 0.6) is 11.5 Å². The lowest BCUT2D eigenvalue weighted by Crippen LogP contribution is -2.52. The van der Waals surface area contributed by atoms with Crippen LogP contribution in [-0.2, 0) is 11.3 Å². The summed E-state index contributed by atoms with van der Waals surface area (Å²) in [6.07, 6.45) is 0. The summed E-state index contributed by atoms with van der Waals surface area (Å²) in [4.78, 5) is 26.0. The second-order valence-electron chi connectivity index (χ2n) is 7.20. The molecule has 2 N–H and O–H groups in total. The molecule has 1 aromatic carbocycles. The molecule has 0 bridgehead atoms. The molecule has 0 aromatic heterocycles. The fourth-order valence-corrected chi connectivity index (χ4v) is 2.30. The van der Waals surface area contributed by atoms with Crippen molar-refractivity contribution in [1.82, 2.24) is 15.5 Å². The number of nitrogens with zero attached hydrogens (tertiary/aromatic N) is 1. The van der Waals surface area contributed by atoms with Crippen molar-refractivity contribution >= 4 is 11.9 Å². The van der Waals surface area contributed by atoms with Crippen LogP contribution >= 0.6 is 0 Å². The number of hydrogen-bond acceptors (Lipinski definition) is 5. The van der Waals surface area contributed by atoms with Gasteiger partial charge in [-0.25, -0.2) is 4.79 Å². The number of ether oxygens (including phenoxy) is 2. The second kappa shape index (κ2) is 9.43. The van der Waals surface area contributed by atoms with E-state index in [1.54, 1.807) is 14.0 Å². The molecule has 0 aliphatic rings. The first-order chi connectivity index (χ1) is 12.1. The first kappa shape index (κ1) is 21.8. The molecule has 0 saturated carbocycles. The van der Waals surface area contributed by atoms with E-state index in [4.69, 9.17) is 9.47 Å². The van der Waals surface area contributed by atoms with E-state index in [1.807, 2.05) is 57.8 Å². The molecule has 1 atom stereocenters. The largest absolute Gasteiger partial charge is 0.493 e. The Hall–Kier alpha value is -2.28. The van der Waals surface area contributed by atoms with Crippen LogP contribution in [0.4, 0.5) is 4.79 Å². The van der Waals surface area contributed by atoms with Gasteiger partial charge in [-0.3, -0.25) is 15.0 Å². The van der Waals surface area contributed by atoms with Crippen molar-refractivity contribution in [1.29, 1.82) is 0 Å². The van der Waals surface area contributed by atoms with Gasteiger partial charge < -0.3 is 14.8 Å². The average Bonchev–Trinajstić information content (AvgIpc) is 2.53. The molecular formula is C19H31N3O4.